The quantitative estimate of drug-likeness (QED) is 0.750. The Morgan fingerprint density at radius 3 is 2.67 bits per heavy atom. The fraction of sp³-hybridized carbons (Fsp3) is 0.588. The lowest BCUT2D eigenvalue weighted by molar-refractivity contribution is 0.0771. The number of nitrogens with zero attached hydrogens (tertiary/aromatic N) is 3. The number of pyridine rings is 1. The number of piperidine rings is 1. The van der Waals surface area contributed by atoms with Gasteiger partial charge >= 0.3 is 0 Å². The van der Waals surface area contributed by atoms with Crippen molar-refractivity contribution in [3.8, 4) is 0 Å². The summed E-state index contributed by atoms with van der Waals surface area (Å²) in [4.78, 5) is 32.4. The first kappa shape index (κ1) is 18.4. The molecule has 7 heteroatoms. The summed E-state index contributed by atoms with van der Waals surface area (Å²) >= 11 is 0. The van der Waals surface area contributed by atoms with E-state index in [1.165, 1.54) is 25.5 Å². The Morgan fingerprint density at radius 2 is 2.04 bits per heavy atom. The summed E-state index contributed by atoms with van der Waals surface area (Å²) in [6.45, 7) is 4.61. The maximum atomic E-state index is 12.4. The lowest BCUT2D eigenvalue weighted by Gasteiger charge is -2.28. The van der Waals surface area contributed by atoms with Crippen LogP contribution in [0.25, 0.3) is 0 Å². The number of nitrogens with one attached hydrogen (secondary N) is 1. The van der Waals surface area contributed by atoms with E-state index in [9.17, 15) is 9.59 Å². The van der Waals surface area contributed by atoms with E-state index < -0.39 is 0 Å². The first-order chi connectivity index (χ1) is 11.6. The van der Waals surface area contributed by atoms with Crippen molar-refractivity contribution in [2.75, 3.05) is 46.3 Å². The minimum Gasteiger partial charge on any atom is -0.349 e. The predicted molar refractivity (Wildman–Crippen MR) is 92.9 cm³/mol. The van der Waals surface area contributed by atoms with E-state index in [4.69, 9.17) is 5.73 Å². The van der Waals surface area contributed by atoms with Crippen molar-refractivity contribution in [3.63, 3.8) is 0 Å². The Labute approximate surface area is 143 Å². The van der Waals surface area contributed by atoms with Crippen LogP contribution in [0.1, 0.15) is 40.1 Å². The van der Waals surface area contributed by atoms with E-state index >= 15 is 0 Å². The largest absolute Gasteiger partial charge is 0.349 e. The molecule has 1 aliphatic rings. The van der Waals surface area contributed by atoms with Crippen LogP contribution in [-0.4, -0.2) is 72.9 Å². The van der Waals surface area contributed by atoms with Crippen LogP contribution >= 0.6 is 0 Å². The van der Waals surface area contributed by atoms with E-state index in [-0.39, 0.29) is 17.5 Å². The van der Waals surface area contributed by atoms with Gasteiger partial charge in [0.15, 0.2) is 0 Å². The molecule has 24 heavy (non-hydrogen) atoms. The Hall–Kier alpha value is -1.99. The number of carbonyl (C=O) groups excluding carboxylic acids is 2. The summed E-state index contributed by atoms with van der Waals surface area (Å²) < 4.78 is 0. The molecule has 0 unspecified atom stereocenters. The number of hydrogen-bond acceptors (Lipinski definition) is 5. The maximum Gasteiger partial charge on any atom is 0.269 e. The van der Waals surface area contributed by atoms with Crippen molar-refractivity contribution < 1.29 is 9.59 Å². The highest BCUT2D eigenvalue weighted by molar-refractivity contribution is 5.96. The summed E-state index contributed by atoms with van der Waals surface area (Å²) in [6.07, 6.45) is 5.25. The van der Waals surface area contributed by atoms with Gasteiger partial charge < -0.3 is 20.9 Å². The Morgan fingerprint density at radius 1 is 1.29 bits per heavy atom. The van der Waals surface area contributed by atoms with Gasteiger partial charge in [-0.05, 0) is 38.1 Å². The van der Waals surface area contributed by atoms with Gasteiger partial charge in [-0.15, -0.1) is 0 Å². The smallest absolute Gasteiger partial charge is 0.269 e. The highest BCUT2D eigenvalue weighted by Crippen LogP contribution is 2.09. The molecule has 0 saturated carbocycles. The number of aromatic nitrogens is 1. The third kappa shape index (κ3) is 5.28. The third-order valence-electron chi connectivity index (χ3n) is 4.22. The first-order valence-corrected chi connectivity index (χ1v) is 8.54. The van der Waals surface area contributed by atoms with Crippen LogP contribution in [-0.2, 0) is 0 Å². The number of hydrogen-bond donors (Lipinski definition) is 2. The summed E-state index contributed by atoms with van der Waals surface area (Å²) in [6, 6.07) is 3.21. The molecule has 0 bridgehead atoms. The predicted octanol–water partition coefficient (Wildman–Crippen LogP) is 0.328. The van der Waals surface area contributed by atoms with Gasteiger partial charge in [-0.3, -0.25) is 14.6 Å². The summed E-state index contributed by atoms with van der Waals surface area (Å²) in [5.41, 5.74) is 6.13. The van der Waals surface area contributed by atoms with Crippen LogP contribution in [0, 0.1) is 0 Å². The molecule has 0 atom stereocenters. The number of likely N-dealkylation sites (N-methyl/N-ethyl adjacent to an activating group) is 1. The number of carbonyl (C=O) groups is 2. The zero-order chi connectivity index (χ0) is 17.4. The Kier molecular flexibility index (Phi) is 7.14. The molecule has 3 N–H and O–H groups in total. The maximum absolute atomic E-state index is 12.4. The van der Waals surface area contributed by atoms with Crippen molar-refractivity contribution >= 4 is 11.8 Å². The SMILES string of the molecule is CN(CCN1CCCCC1)C(=O)c1ccc(C(=O)NCCN)nc1. The zero-order valence-corrected chi connectivity index (χ0v) is 14.3. The minimum atomic E-state index is -0.280. The van der Waals surface area contributed by atoms with Gasteiger partial charge in [0.25, 0.3) is 11.8 Å². The van der Waals surface area contributed by atoms with Crippen molar-refractivity contribution in [1.29, 1.82) is 0 Å². The van der Waals surface area contributed by atoms with E-state index in [2.05, 4.69) is 15.2 Å². The average molecular weight is 333 g/mol. The molecular weight excluding hydrogens is 306 g/mol. The molecule has 1 fully saturated rings. The van der Waals surface area contributed by atoms with Crippen LogP contribution < -0.4 is 11.1 Å². The third-order valence-corrected chi connectivity index (χ3v) is 4.22. The van der Waals surface area contributed by atoms with Crippen LogP contribution in [0.5, 0.6) is 0 Å². The standard InChI is InChI=1S/C17H27N5O2/c1-21(11-12-22-9-3-2-4-10-22)17(24)14-5-6-15(20-13-14)16(23)19-8-7-18/h5-6,13H,2-4,7-12,18H2,1H3,(H,19,23). The number of likely N-dealkylation sites (tertiary alicyclic amines) is 1. The molecule has 0 spiro atoms. The zero-order valence-electron chi connectivity index (χ0n) is 14.3. The topological polar surface area (TPSA) is 91.6 Å². The molecule has 1 aromatic heterocycles. The van der Waals surface area contributed by atoms with E-state index in [0.29, 0.717) is 25.2 Å². The van der Waals surface area contributed by atoms with Gasteiger partial charge in [-0.25, -0.2) is 0 Å². The lowest BCUT2D eigenvalue weighted by Crippen LogP contribution is -2.38. The van der Waals surface area contributed by atoms with Crippen LogP contribution in [0.3, 0.4) is 0 Å². The molecule has 1 aliphatic heterocycles. The van der Waals surface area contributed by atoms with Crippen molar-refractivity contribution in [2.45, 2.75) is 19.3 Å². The summed E-state index contributed by atoms with van der Waals surface area (Å²) in [7, 11) is 1.80. The van der Waals surface area contributed by atoms with E-state index in [0.717, 1.165) is 19.6 Å². The molecular formula is C17H27N5O2. The number of rotatable bonds is 7. The van der Waals surface area contributed by atoms with Gasteiger partial charge in [-0.2, -0.15) is 0 Å². The van der Waals surface area contributed by atoms with Gasteiger partial charge in [0.2, 0.25) is 0 Å². The summed E-state index contributed by atoms with van der Waals surface area (Å²) in [5.74, 6) is -0.355. The van der Waals surface area contributed by atoms with Crippen LogP contribution in [0.2, 0.25) is 0 Å². The molecule has 0 aromatic carbocycles. The molecule has 7 nitrogen and oxygen atoms in total. The van der Waals surface area contributed by atoms with Crippen LogP contribution in [0.15, 0.2) is 18.3 Å². The molecule has 2 rings (SSSR count). The molecule has 1 aromatic rings. The highest BCUT2D eigenvalue weighted by Gasteiger charge is 2.16. The molecule has 0 radical (unpaired) electrons. The molecule has 2 heterocycles. The number of amides is 2. The van der Waals surface area contributed by atoms with E-state index in [1.807, 2.05) is 0 Å². The Balaban J connectivity index is 1.85. The summed E-state index contributed by atoms with van der Waals surface area (Å²) in [5, 5.41) is 2.65. The Bertz CT molecular complexity index is 540. The van der Waals surface area contributed by atoms with E-state index in [1.54, 1.807) is 24.1 Å². The van der Waals surface area contributed by atoms with Crippen molar-refractivity contribution in [1.82, 2.24) is 20.1 Å². The first-order valence-electron chi connectivity index (χ1n) is 8.54. The van der Waals surface area contributed by atoms with Crippen molar-refractivity contribution in [3.05, 3.63) is 29.6 Å². The van der Waals surface area contributed by atoms with Crippen molar-refractivity contribution in [2.24, 2.45) is 5.73 Å². The lowest BCUT2D eigenvalue weighted by atomic mass is 10.1. The number of nitrogens with two attached hydrogens (primary N) is 1. The second kappa shape index (κ2) is 9.34. The molecule has 132 valence electrons. The monoisotopic (exact) mass is 333 g/mol. The van der Waals surface area contributed by atoms with Gasteiger partial charge in [0.1, 0.15) is 5.69 Å². The minimum absolute atomic E-state index is 0.0755. The molecule has 0 aliphatic carbocycles. The normalized spacial score (nSPS) is 15.1. The van der Waals surface area contributed by atoms with Gasteiger partial charge in [0, 0.05) is 39.4 Å². The fourth-order valence-electron chi connectivity index (χ4n) is 2.73. The molecule has 1 saturated heterocycles. The highest BCUT2D eigenvalue weighted by atomic mass is 16.2. The average Bonchev–Trinajstić information content (AvgIpc) is 2.64. The fourth-order valence-corrected chi connectivity index (χ4v) is 2.73. The van der Waals surface area contributed by atoms with Crippen LogP contribution in [0.4, 0.5) is 0 Å². The second-order valence-corrected chi connectivity index (χ2v) is 6.11. The van der Waals surface area contributed by atoms with Gasteiger partial charge in [0.05, 0.1) is 5.56 Å². The van der Waals surface area contributed by atoms with Gasteiger partial charge in [-0.1, -0.05) is 6.42 Å². The second-order valence-electron chi connectivity index (χ2n) is 6.11. The molecule has 2 amide bonds.